The molecule has 0 radical (unpaired) electrons. The van der Waals surface area contributed by atoms with E-state index in [2.05, 4.69) is 4.90 Å². The monoisotopic (exact) mass is 445 g/mol. The van der Waals surface area contributed by atoms with Gasteiger partial charge in [-0.25, -0.2) is 0 Å². The molecule has 7 heteroatoms. The Balaban J connectivity index is 1.27. The van der Waals surface area contributed by atoms with Gasteiger partial charge >= 0.3 is 0 Å². The van der Waals surface area contributed by atoms with E-state index in [-0.39, 0.29) is 11.8 Å². The van der Waals surface area contributed by atoms with Crippen molar-refractivity contribution in [3.05, 3.63) is 29.8 Å². The Kier molecular flexibility index (Phi) is 8.27. The van der Waals surface area contributed by atoms with E-state index in [1.54, 1.807) is 11.8 Å². The van der Waals surface area contributed by atoms with Gasteiger partial charge in [0.15, 0.2) is 0 Å². The highest BCUT2D eigenvalue weighted by atomic mass is 32.2. The summed E-state index contributed by atoms with van der Waals surface area (Å²) in [6, 6.07) is 7.93. The van der Waals surface area contributed by atoms with E-state index in [1.165, 1.54) is 12.8 Å². The minimum absolute atomic E-state index is 0.105. The Bertz CT molecular complexity index is 737. The molecule has 6 nitrogen and oxygen atoms in total. The van der Waals surface area contributed by atoms with Crippen LogP contribution in [0.4, 0.5) is 0 Å². The second-order valence-corrected chi connectivity index (χ2v) is 9.87. The zero-order chi connectivity index (χ0) is 21.5. The summed E-state index contributed by atoms with van der Waals surface area (Å²) in [4.78, 5) is 33.1. The van der Waals surface area contributed by atoms with Gasteiger partial charge in [0.1, 0.15) is 0 Å². The molecule has 1 aromatic rings. The van der Waals surface area contributed by atoms with Crippen LogP contribution in [-0.4, -0.2) is 90.8 Å². The Morgan fingerprint density at radius 3 is 2.35 bits per heavy atom. The van der Waals surface area contributed by atoms with Crippen molar-refractivity contribution in [3.63, 3.8) is 0 Å². The lowest BCUT2D eigenvalue weighted by Gasteiger charge is -2.35. The van der Waals surface area contributed by atoms with Crippen LogP contribution in [0.3, 0.4) is 0 Å². The Labute approximate surface area is 190 Å². The normalized spacial score (nSPS) is 23.0. The lowest BCUT2D eigenvalue weighted by atomic mass is 10.1. The third-order valence-electron chi connectivity index (χ3n) is 6.54. The molecule has 0 aliphatic carbocycles. The van der Waals surface area contributed by atoms with Gasteiger partial charge in [-0.1, -0.05) is 25.0 Å². The Morgan fingerprint density at radius 2 is 1.65 bits per heavy atom. The smallest absolute Gasteiger partial charge is 0.255 e. The van der Waals surface area contributed by atoms with E-state index in [1.807, 2.05) is 34.1 Å². The lowest BCUT2D eigenvalue weighted by molar-refractivity contribution is -0.132. The lowest BCUT2D eigenvalue weighted by Crippen LogP contribution is -2.51. The maximum atomic E-state index is 13.2. The topological polar surface area (TPSA) is 53.1 Å². The summed E-state index contributed by atoms with van der Waals surface area (Å²) in [6.07, 6.45) is 7.27. The number of rotatable bonds is 6. The molecule has 2 amide bonds. The molecular weight excluding hydrogens is 410 g/mol. The highest BCUT2D eigenvalue weighted by molar-refractivity contribution is 7.99. The summed E-state index contributed by atoms with van der Waals surface area (Å²) in [5.41, 5.74) is 0.791. The summed E-state index contributed by atoms with van der Waals surface area (Å²) < 4.78 is 5.73. The van der Waals surface area contributed by atoms with Crippen LogP contribution in [0.2, 0.25) is 0 Å². The molecule has 1 aromatic carbocycles. The molecule has 3 fully saturated rings. The predicted molar refractivity (Wildman–Crippen MR) is 124 cm³/mol. The largest absolute Gasteiger partial charge is 0.377 e. The number of nitrogens with zero attached hydrogens (tertiary/aromatic N) is 3. The summed E-state index contributed by atoms with van der Waals surface area (Å²) in [6.45, 7) is 6.02. The van der Waals surface area contributed by atoms with Crippen molar-refractivity contribution in [2.24, 2.45) is 0 Å². The summed E-state index contributed by atoms with van der Waals surface area (Å²) in [5, 5.41) is 0. The van der Waals surface area contributed by atoms with Crippen molar-refractivity contribution in [3.8, 4) is 0 Å². The van der Waals surface area contributed by atoms with Gasteiger partial charge in [0.25, 0.3) is 5.91 Å². The molecule has 0 spiro atoms. The summed E-state index contributed by atoms with van der Waals surface area (Å²) >= 11 is 1.73. The standard InChI is InChI=1S/C24H35N3O3S/c28-23(26-11-5-1-2-6-12-26)18-25-13-15-27(16-14-25)24(29)21-9-3-4-10-22(21)31-19-20-8-7-17-30-20/h3-4,9-10,20H,1-2,5-8,11-19H2. The quantitative estimate of drug-likeness (QED) is 0.630. The van der Waals surface area contributed by atoms with Gasteiger partial charge in [-0.05, 0) is 37.8 Å². The minimum Gasteiger partial charge on any atom is -0.377 e. The van der Waals surface area contributed by atoms with Crippen LogP contribution in [0.1, 0.15) is 48.9 Å². The van der Waals surface area contributed by atoms with Crippen LogP contribution in [-0.2, 0) is 9.53 Å². The van der Waals surface area contributed by atoms with Crippen molar-refractivity contribution < 1.29 is 14.3 Å². The molecule has 0 bridgehead atoms. The maximum absolute atomic E-state index is 13.2. The van der Waals surface area contributed by atoms with E-state index in [0.717, 1.165) is 74.7 Å². The molecule has 1 unspecified atom stereocenters. The molecule has 0 aromatic heterocycles. The highest BCUT2D eigenvalue weighted by Crippen LogP contribution is 2.28. The van der Waals surface area contributed by atoms with Crippen LogP contribution in [0.25, 0.3) is 0 Å². The van der Waals surface area contributed by atoms with Gasteiger partial charge in [0.2, 0.25) is 5.91 Å². The van der Waals surface area contributed by atoms with Crippen molar-refractivity contribution in [1.29, 1.82) is 0 Å². The van der Waals surface area contributed by atoms with Gasteiger partial charge in [0.05, 0.1) is 18.2 Å². The zero-order valence-corrected chi connectivity index (χ0v) is 19.3. The van der Waals surface area contributed by atoms with Crippen LogP contribution >= 0.6 is 11.8 Å². The molecule has 3 heterocycles. The van der Waals surface area contributed by atoms with Gasteiger partial charge in [-0.15, -0.1) is 11.8 Å². The second-order valence-electron chi connectivity index (χ2n) is 8.81. The molecular formula is C24H35N3O3S. The van der Waals surface area contributed by atoms with Crippen molar-refractivity contribution in [1.82, 2.24) is 14.7 Å². The molecule has 3 aliphatic heterocycles. The van der Waals surface area contributed by atoms with E-state index in [0.29, 0.717) is 25.7 Å². The average molecular weight is 446 g/mol. The van der Waals surface area contributed by atoms with Gasteiger partial charge in [-0.3, -0.25) is 14.5 Å². The Hall–Kier alpha value is -1.57. The first-order valence-electron chi connectivity index (χ1n) is 11.8. The van der Waals surface area contributed by atoms with E-state index in [4.69, 9.17) is 4.74 Å². The molecule has 3 aliphatic rings. The second kappa shape index (κ2) is 11.3. The minimum atomic E-state index is 0.105. The first kappa shape index (κ1) is 22.6. The number of amides is 2. The molecule has 3 saturated heterocycles. The van der Waals surface area contributed by atoms with Crippen LogP contribution in [0.15, 0.2) is 29.2 Å². The van der Waals surface area contributed by atoms with Crippen molar-refractivity contribution in [2.45, 2.75) is 49.5 Å². The summed E-state index contributed by atoms with van der Waals surface area (Å²) in [7, 11) is 0. The molecule has 4 rings (SSSR count). The van der Waals surface area contributed by atoms with Crippen LogP contribution < -0.4 is 0 Å². The van der Waals surface area contributed by atoms with E-state index < -0.39 is 0 Å². The number of benzene rings is 1. The average Bonchev–Trinajstić information content (AvgIpc) is 3.17. The fourth-order valence-electron chi connectivity index (χ4n) is 4.62. The Morgan fingerprint density at radius 1 is 0.903 bits per heavy atom. The highest BCUT2D eigenvalue weighted by Gasteiger charge is 2.26. The number of carbonyl (C=O) groups excluding carboxylic acids is 2. The van der Waals surface area contributed by atoms with Crippen molar-refractivity contribution >= 4 is 23.6 Å². The van der Waals surface area contributed by atoms with Crippen molar-refractivity contribution in [2.75, 3.05) is 58.2 Å². The van der Waals surface area contributed by atoms with Crippen LogP contribution in [0.5, 0.6) is 0 Å². The third-order valence-corrected chi connectivity index (χ3v) is 7.75. The molecule has 31 heavy (non-hydrogen) atoms. The number of hydrogen-bond acceptors (Lipinski definition) is 5. The SMILES string of the molecule is O=C(CN1CCN(C(=O)c2ccccc2SCC2CCCO2)CC1)N1CCCCCC1. The first-order valence-corrected chi connectivity index (χ1v) is 12.8. The predicted octanol–water partition coefficient (Wildman–Crippen LogP) is 3.12. The van der Waals surface area contributed by atoms with E-state index in [9.17, 15) is 9.59 Å². The van der Waals surface area contributed by atoms with Gasteiger partial charge in [-0.2, -0.15) is 0 Å². The molecule has 170 valence electrons. The number of ether oxygens (including phenoxy) is 1. The van der Waals surface area contributed by atoms with Crippen LogP contribution in [0, 0.1) is 0 Å². The van der Waals surface area contributed by atoms with E-state index >= 15 is 0 Å². The molecule has 0 saturated carbocycles. The number of carbonyl (C=O) groups is 2. The number of hydrogen-bond donors (Lipinski definition) is 0. The summed E-state index contributed by atoms with van der Waals surface area (Å²) in [5.74, 6) is 1.25. The van der Waals surface area contributed by atoms with Gasteiger partial charge in [0, 0.05) is 56.5 Å². The zero-order valence-electron chi connectivity index (χ0n) is 18.5. The molecule has 1 atom stereocenters. The fourth-order valence-corrected chi connectivity index (χ4v) is 5.73. The molecule has 0 N–H and O–H groups in total. The number of thioether (sulfide) groups is 1. The first-order chi connectivity index (χ1) is 15.2. The van der Waals surface area contributed by atoms with Gasteiger partial charge < -0.3 is 14.5 Å². The number of piperazine rings is 1. The maximum Gasteiger partial charge on any atom is 0.255 e. The third kappa shape index (κ3) is 6.24. The fraction of sp³-hybridized carbons (Fsp3) is 0.667. The number of likely N-dealkylation sites (tertiary alicyclic amines) is 1.